The molecule has 5 N–H and O–H groups in total. The van der Waals surface area contributed by atoms with Crippen molar-refractivity contribution in [3.8, 4) is 0 Å². The van der Waals surface area contributed by atoms with E-state index in [0.29, 0.717) is 18.8 Å². The second kappa shape index (κ2) is 10.4. The number of nitrogens with zero attached hydrogens (tertiary/aromatic N) is 1. The van der Waals surface area contributed by atoms with Gasteiger partial charge in [-0.15, -0.1) is 6.58 Å². The number of benzene rings is 1. The third-order valence-electron chi connectivity index (χ3n) is 3.23. The first kappa shape index (κ1) is 18.7. The first-order valence-electron chi connectivity index (χ1n) is 7.59. The number of quaternary nitrogens is 1. The summed E-state index contributed by atoms with van der Waals surface area (Å²) in [6, 6.07) is 7.94. The predicted molar refractivity (Wildman–Crippen MR) is 90.1 cm³/mol. The zero-order valence-corrected chi connectivity index (χ0v) is 13.6. The van der Waals surface area contributed by atoms with Gasteiger partial charge < -0.3 is 15.6 Å². The first-order chi connectivity index (χ1) is 11.1. The molecule has 0 heterocycles. The maximum atomic E-state index is 10.4. The molecule has 0 aliphatic carbocycles. The number of aliphatic carboxylic acids is 1. The van der Waals surface area contributed by atoms with Gasteiger partial charge in [0.25, 0.3) is 0 Å². The van der Waals surface area contributed by atoms with Crippen LogP contribution >= 0.6 is 0 Å². The van der Waals surface area contributed by atoms with Crippen LogP contribution in [0.25, 0.3) is 5.70 Å². The summed E-state index contributed by atoms with van der Waals surface area (Å²) in [7, 11) is 1.94. The minimum Gasteiger partial charge on any atom is -0.481 e. The molecular formula is C17H26N3O3+. The number of hydrogen-bond donors (Lipinski definition) is 3. The normalized spacial score (nSPS) is 11.3. The first-order valence-corrected chi connectivity index (χ1v) is 7.59. The lowest BCUT2D eigenvalue weighted by Crippen LogP contribution is -2.88. The van der Waals surface area contributed by atoms with Crippen LogP contribution in [-0.4, -0.2) is 42.9 Å². The Balaban J connectivity index is 2.59. The molecule has 1 aromatic rings. The van der Waals surface area contributed by atoms with Gasteiger partial charge in [-0.1, -0.05) is 24.3 Å². The smallest absolute Gasteiger partial charge is 0.305 e. The maximum Gasteiger partial charge on any atom is 0.305 e. The Bertz CT molecular complexity index is 544. The monoisotopic (exact) mass is 320 g/mol. The molecule has 0 atom stereocenters. The third-order valence-corrected chi connectivity index (χ3v) is 3.23. The van der Waals surface area contributed by atoms with Crippen molar-refractivity contribution in [1.82, 2.24) is 5.01 Å². The zero-order chi connectivity index (χ0) is 17.1. The second-order valence-electron chi connectivity index (χ2n) is 5.03. The average Bonchev–Trinajstić information content (AvgIpc) is 2.54. The van der Waals surface area contributed by atoms with Gasteiger partial charge in [-0.05, 0) is 23.6 Å². The van der Waals surface area contributed by atoms with E-state index in [9.17, 15) is 4.79 Å². The summed E-state index contributed by atoms with van der Waals surface area (Å²) in [6.07, 6.45) is 4.44. The summed E-state index contributed by atoms with van der Waals surface area (Å²) in [5, 5.41) is 10.5. The van der Waals surface area contributed by atoms with Gasteiger partial charge in [-0.2, -0.15) is 0 Å². The van der Waals surface area contributed by atoms with Crippen LogP contribution in [0.1, 0.15) is 17.5 Å². The molecule has 126 valence electrons. The van der Waals surface area contributed by atoms with E-state index in [2.05, 4.69) is 6.58 Å². The van der Waals surface area contributed by atoms with Crippen molar-refractivity contribution in [2.45, 2.75) is 12.8 Å². The highest BCUT2D eigenvalue weighted by Crippen LogP contribution is 2.12. The molecule has 0 unspecified atom stereocenters. The van der Waals surface area contributed by atoms with Crippen molar-refractivity contribution < 1.29 is 20.1 Å². The Labute approximate surface area is 137 Å². The molecule has 0 aliphatic rings. The summed E-state index contributed by atoms with van der Waals surface area (Å²) in [5.41, 5.74) is 10.8. The maximum absolute atomic E-state index is 10.4. The van der Waals surface area contributed by atoms with Gasteiger partial charge in [0, 0.05) is 0 Å². The summed E-state index contributed by atoms with van der Waals surface area (Å²) < 4.78 is 5.31. The molecule has 0 saturated carbocycles. The molecule has 0 spiro atoms. The van der Waals surface area contributed by atoms with E-state index in [1.165, 1.54) is 0 Å². The van der Waals surface area contributed by atoms with Gasteiger partial charge in [0.15, 0.2) is 0 Å². The second-order valence-corrected chi connectivity index (χ2v) is 5.03. The molecule has 0 radical (unpaired) electrons. The molecule has 1 aromatic carbocycles. The summed E-state index contributed by atoms with van der Waals surface area (Å²) >= 11 is 0. The van der Waals surface area contributed by atoms with Crippen LogP contribution in [0.3, 0.4) is 0 Å². The molecule has 1 rings (SSSR count). The number of ether oxygens (including phenoxy) is 1. The van der Waals surface area contributed by atoms with E-state index < -0.39 is 5.97 Å². The minimum atomic E-state index is -0.846. The van der Waals surface area contributed by atoms with Crippen molar-refractivity contribution in [2.75, 3.05) is 26.8 Å². The Morgan fingerprint density at radius 2 is 2.26 bits per heavy atom. The Morgan fingerprint density at radius 1 is 1.48 bits per heavy atom. The van der Waals surface area contributed by atoms with Gasteiger partial charge in [0.1, 0.15) is 0 Å². The van der Waals surface area contributed by atoms with Crippen molar-refractivity contribution in [3.63, 3.8) is 0 Å². The topological polar surface area (TPSA) is 92.4 Å². The molecule has 0 saturated heterocycles. The predicted octanol–water partition coefficient (Wildman–Crippen LogP) is 0.574. The van der Waals surface area contributed by atoms with E-state index in [0.717, 1.165) is 17.5 Å². The van der Waals surface area contributed by atoms with Crippen LogP contribution in [0.2, 0.25) is 0 Å². The van der Waals surface area contributed by atoms with Crippen molar-refractivity contribution in [2.24, 2.45) is 5.73 Å². The van der Waals surface area contributed by atoms with Crippen molar-refractivity contribution >= 4 is 11.7 Å². The largest absolute Gasteiger partial charge is 0.481 e. The molecule has 6 heteroatoms. The fourth-order valence-electron chi connectivity index (χ4n) is 1.99. The van der Waals surface area contributed by atoms with E-state index in [-0.39, 0.29) is 13.0 Å². The van der Waals surface area contributed by atoms with E-state index in [1.54, 1.807) is 0 Å². The Hall–Kier alpha value is -2.31. The Morgan fingerprint density at radius 3 is 2.91 bits per heavy atom. The highest BCUT2D eigenvalue weighted by molar-refractivity contribution is 5.66. The van der Waals surface area contributed by atoms with Gasteiger partial charge in [0.05, 0.1) is 45.1 Å². The molecule has 0 amide bonds. The van der Waals surface area contributed by atoms with Gasteiger partial charge in [-0.25, -0.2) is 10.4 Å². The summed E-state index contributed by atoms with van der Waals surface area (Å²) in [5.74, 6) is -0.846. The summed E-state index contributed by atoms with van der Waals surface area (Å²) in [6.45, 7) is 5.15. The number of hydrogen-bond acceptors (Lipinski definition) is 4. The van der Waals surface area contributed by atoms with Crippen LogP contribution in [0, 0.1) is 0 Å². The Kier molecular flexibility index (Phi) is 8.49. The van der Waals surface area contributed by atoms with Crippen molar-refractivity contribution in [3.05, 3.63) is 54.2 Å². The molecule has 0 aliphatic heterocycles. The van der Waals surface area contributed by atoms with Crippen LogP contribution in [-0.2, 0) is 16.0 Å². The summed E-state index contributed by atoms with van der Waals surface area (Å²) in [4.78, 5) is 10.4. The van der Waals surface area contributed by atoms with E-state index in [4.69, 9.17) is 15.6 Å². The molecule has 23 heavy (non-hydrogen) atoms. The quantitative estimate of drug-likeness (QED) is 0.240. The number of carboxylic acids is 1. The third kappa shape index (κ3) is 7.49. The van der Waals surface area contributed by atoms with Gasteiger partial charge >= 0.3 is 5.97 Å². The SMILES string of the molecule is C=CCN(C=C(N)c1cccc(CCOCCC(=O)O)c1)[NH2+]C. The highest BCUT2D eigenvalue weighted by atomic mass is 16.5. The van der Waals surface area contributed by atoms with Crippen LogP contribution in [0.5, 0.6) is 0 Å². The van der Waals surface area contributed by atoms with Crippen LogP contribution in [0.4, 0.5) is 0 Å². The molecule has 0 fully saturated rings. The number of carboxylic acid groups (broad SMARTS) is 1. The minimum absolute atomic E-state index is 0.0301. The highest BCUT2D eigenvalue weighted by Gasteiger charge is 2.03. The van der Waals surface area contributed by atoms with Crippen molar-refractivity contribution in [1.29, 1.82) is 0 Å². The number of carbonyl (C=O) groups is 1. The molecular weight excluding hydrogens is 294 g/mol. The lowest BCUT2D eigenvalue weighted by Gasteiger charge is -2.14. The molecule has 0 aromatic heterocycles. The van der Waals surface area contributed by atoms with Gasteiger partial charge in [0.2, 0.25) is 0 Å². The lowest BCUT2D eigenvalue weighted by atomic mass is 10.1. The van der Waals surface area contributed by atoms with E-state index in [1.807, 2.05) is 54.0 Å². The molecule has 6 nitrogen and oxygen atoms in total. The molecule has 0 bridgehead atoms. The van der Waals surface area contributed by atoms with Gasteiger partial charge in [-0.3, -0.25) is 4.79 Å². The number of rotatable bonds is 11. The van der Waals surface area contributed by atoms with E-state index >= 15 is 0 Å². The lowest BCUT2D eigenvalue weighted by molar-refractivity contribution is -0.768. The van der Waals surface area contributed by atoms with Crippen LogP contribution in [0.15, 0.2) is 43.1 Å². The standard InChI is InChI=1S/C17H25N3O3/c1-3-9-20(19-2)13-16(18)15-6-4-5-14(12-15)7-10-23-11-8-17(21)22/h3-6,12-13,19H,1,7-11,18H2,2H3,(H,21,22)/p+1. The average molecular weight is 320 g/mol. The fraction of sp³-hybridized carbons (Fsp3) is 0.353. The fourth-order valence-corrected chi connectivity index (χ4v) is 1.99. The number of nitrogens with two attached hydrogens (primary N) is 2. The zero-order valence-electron chi connectivity index (χ0n) is 13.6. The van der Waals surface area contributed by atoms with Crippen LogP contribution < -0.4 is 11.2 Å².